The Morgan fingerprint density at radius 3 is 2.43 bits per heavy atom. The minimum atomic E-state index is -2.01. The van der Waals surface area contributed by atoms with Gasteiger partial charge in [-0.15, -0.1) is 0 Å². The molecule has 0 aliphatic carbocycles. The van der Waals surface area contributed by atoms with Gasteiger partial charge in [-0.1, -0.05) is 113 Å². The molecular weight excluding hydrogens is 617 g/mol. The van der Waals surface area contributed by atoms with E-state index in [4.69, 9.17) is 44.3 Å². The Morgan fingerprint density at radius 2 is 1.76 bits per heavy atom. The Labute approximate surface area is 264 Å². The van der Waals surface area contributed by atoms with Gasteiger partial charge in [0.1, 0.15) is 0 Å². The number of alkyl halides is 3. The van der Waals surface area contributed by atoms with Crippen molar-refractivity contribution in [1.82, 2.24) is 14.9 Å². The van der Waals surface area contributed by atoms with Gasteiger partial charge in [-0.25, -0.2) is 4.98 Å². The van der Waals surface area contributed by atoms with Crippen molar-refractivity contribution in [3.05, 3.63) is 107 Å². The Balaban J connectivity index is 1.31. The Bertz CT molecular complexity index is 1490. The summed E-state index contributed by atoms with van der Waals surface area (Å²) in [5.41, 5.74) is 5.68. The van der Waals surface area contributed by atoms with Crippen molar-refractivity contribution in [2.45, 2.75) is 47.0 Å². The van der Waals surface area contributed by atoms with Crippen molar-refractivity contribution < 1.29 is 19.4 Å². The average Bonchev–Trinajstić information content (AvgIpc) is 3.42. The highest BCUT2D eigenvalue weighted by atomic mass is 35.6. The van der Waals surface area contributed by atoms with Crippen LogP contribution in [0.5, 0.6) is 0 Å². The molecule has 7 nitrogen and oxygen atoms in total. The summed E-state index contributed by atoms with van der Waals surface area (Å²) in [6, 6.07) is 23.7. The lowest BCUT2D eigenvalue weighted by Crippen LogP contribution is -2.33. The summed E-state index contributed by atoms with van der Waals surface area (Å²) < 4.78 is 12.9. The minimum Gasteiger partial charge on any atom is -0.392 e. The molecule has 3 atom stereocenters. The molecule has 0 radical (unpaired) electrons. The molecule has 3 aromatic carbocycles. The first kappa shape index (κ1) is 30.9. The van der Waals surface area contributed by atoms with Gasteiger partial charge in [0, 0.05) is 43.7 Å². The van der Waals surface area contributed by atoms with E-state index in [-0.39, 0.29) is 25.4 Å². The number of carbonyl (C=O) groups excluding carboxylic acids is 1. The van der Waals surface area contributed by atoms with Gasteiger partial charge >= 0.3 is 0 Å². The first-order valence-corrected chi connectivity index (χ1v) is 15.5. The molecule has 1 aromatic heterocycles. The number of carbonyl (C=O) groups is 1. The topological polar surface area (TPSA) is 85.6 Å². The number of rotatable bonds is 9. The van der Waals surface area contributed by atoms with E-state index in [1.54, 1.807) is 18.0 Å². The molecular formula is C31H30Cl3N3O4S. The number of thioether (sulfide) groups is 1. The maximum absolute atomic E-state index is 11.9. The molecule has 2 N–H and O–H groups in total. The van der Waals surface area contributed by atoms with Crippen LogP contribution in [-0.2, 0) is 34.5 Å². The van der Waals surface area contributed by atoms with Crippen LogP contribution in [0.25, 0.3) is 11.1 Å². The van der Waals surface area contributed by atoms with E-state index in [1.807, 2.05) is 90.6 Å². The number of hydrogen-bond acceptors (Lipinski definition) is 6. The molecule has 11 heteroatoms. The SMILES string of the molecule is Cn1ccnc1SCC1CC(c2ccc(CO)cc2)OC(c2ccc(-c3cccc(CNC(=O)C(Cl)(Cl)Cl)c3)cc2)O1. The van der Waals surface area contributed by atoms with Crippen LogP contribution in [0.4, 0.5) is 0 Å². The number of aromatic nitrogens is 2. The molecule has 1 aliphatic heterocycles. The zero-order valence-corrected chi connectivity index (χ0v) is 25.8. The molecule has 3 unspecified atom stereocenters. The van der Waals surface area contributed by atoms with Gasteiger partial charge < -0.3 is 24.5 Å². The number of benzene rings is 3. The second kappa shape index (κ2) is 13.8. The molecule has 5 rings (SSSR count). The third kappa shape index (κ3) is 7.88. The third-order valence-electron chi connectivity index (χ3n) is 6.94. The molecule has 220 valence electrons. The van der Waals surface area contributed by atoms with E-state index < -0.39 is 16.0 Å². The second-order valence-electron chi connectivity index (χ2n) is 9.98. The molecule has 0 bridgehead atoms. The largest absolute Gasteiger partial charge is 0.392 e. The predicted molar refractivity (Wildman–Crippen MR) is 166 cm³/mol. The Kier molecular flexibility index (Phi) is 10.2. The standard InChI is InChI=1S/C31H30Cl3N3O4S/c1-37-14-13-35-30(37)42-19-26-16-27(23-7-5-20(18-38)6-8-23)41-28(40-26)24-11-9-22(10-12-24)25-4-2-3-21(15-25)17-36-29(39)31(32,33)34/h2-15,26-28,38H,16-19H2,1H3,(H,36,39). The lowest BCUT2D eigenvalue weighted by atomic mass is 9.99. The highest BCUT2D eigenvalue weighted by molar-refractivity contribution is 7.99. The normalized spacial score (nSPS) is 19.0. The van der Waals surface area contributed by atoms with E-state index >= 15 is 0 Å². The van der Waals surface area contributed by atoms with Crippen molar-refractivity contribution in [2.24, 2.45) is 7.05 Å². The number of hydrogen-bond donors (Lipinski definition) is 2. The average molecular weight is 647 g/mol. The smallest absolute Gasteiger partial charge is 0.272 e. The van der Waals surface area contributed by atoms with Crippen molar-refractivity contribution in [3.63, 3.8) is 0 Å². The van der Waals surface area contributed by atoms with E-state index in [9.17, 15) is 9.90 Å². The first-order chi connectivity index (χ1) is 20.2. The lowest BCUT2D eigenvalue weighted by Gasteiger charge is -2.36. The fraction of sp³-hybridized carbons (Fsp3) is 0.290. The number of ether oxygens (including phenoxy) is 2. The maximum atomic E-state index is 11.9. The maximum Gasteiger partial charge on any atom is 0.272 e. The highest BCUT2D eigenvalue weighted by Crippen LogP contribution is 2.39. The fourth-order valence-corrected chi connectivity index (χ4v) is 5.81. The molecule has 1 saturated heterocycles. The monoisotopic (exact) mass is 645 g/mol. The van der Waals surface area contributed by atoms with E-state index in [0.29, 0.717) is 6.42 Å². The molecule has 0 saturated carbocycles. The van der Waals surface area contributed by atoms with Crippen LogP contribution in [0.15, 0.2) is 90.3 Å². The molecule has 4 aromatic rings. The number of imidazole rings is 1. The van der Waals surface area contributed by atoms with Crippen molar-refractivity contribution >= 4 is 52.5 Å². The summed E-state index contributed by atoms with van der Waals surface area (Å²) in [7, 11) is 1.98. The Hall–Kier alpha value is -2.56. The van der Waals surface area contributed by atoms with Crippen molar-refractivity contribution in [2.75, 3.05) is 5.75 Å². The van der Waals surface area contributed by atoms with Crippen LogP contribution in [0.3, 0.4) is 0 Å². The van der Waals surface area contributed by atoms with Crippen molar-refractivity contribution in [1.29, 1.82) is 0 Å². The minimum absolute atomic E-state index is 0.000674. The summed E-state index contributed by atoms with van der Waals surface area (Å²) >= 11 is 18.6. The summed E-state index contributed by atoms with van der Waals surface area (Å²) in [4.78, 5) is 16.3. The number of aliphatic hydroxyl groups excluding tert-OH is 1. The van der Waals surface area contributed by atoms with Gasteiger partial charge in [-0.2, -0.15) is 0 Å². The zero-order chi connectivity index (χ0) is 29.7. The van der Waals surface area contributed by atoms with Gasteiger partial charge in [-0.3, -0.25) is 4.79 Å². The molecule has 2 heterocycles. The molecule has 0 spiro atoms. The van der Waals surface area contributed by atoms with E-state index in [1.165, 1.54) is 0 Å². The second-order valence-corrected chi connectivity index (χ2v) is 13.3. The summed E-state index contributed by atoms with van der Waals surface area (Å²) in [5, 5.41) is 13.0. The van der Waals surface area contributed by atoms with E-state index in [0.717, 1.165) is 44.3 Å². The quantitative estimate of drug-likeness (QED) is 0.152. The molecule has 1 amide bonds. The molecule has 1 fully saturated rings. The highest BCUT2D eigenvalue weighted by Gasteiger charge is 2.33. The summed E-state index contributed by atoms with van der Waals surface area (Å²) in [5.74, 6) is 0.0596. The molecule has 1 aliphatic rings. The summed E-state index contributed by atoms with van der Waals surface area (Å²) in [6.45, 7) is 0.236. The van der Waals surface area contributed by atoms with Gasteiger partial charge in [0.25, 0.3) is 9.70 Å². The number of nitrogens with one attached hydrogen (secondary N) is 1. The van der Waals surface area contributed by atoms with Crippen molar-refractivity contribution in [3.8, 4) is 11.1 Å². The van der Waals surface area contributed by atoms with Crippen LogP contribution in [-0.4, -0.2) is 36.2 Å². The lowest BCUT2D eigenvalue weighted by molar-refractivity contribution is -0.245. The van der Waals surface area contributed by atoms with Crippen LogP contribution in [0.2, 0.25) is 0 Å². The summed E-state index contributed by atoms with van der Waals surface area (Å²) in [6.07, 6.45) is 3.64. The predicted octanol–water partition coefficient (Wildman–Crippen LogP) is 6.90. The Morgan fingerprint density at radius 1 is 1.02 bits per heavy atom. The number of amides is 1. The van der Waals surface area contributed by atoms with Gasteiger partial charge in [0.05, 0.1) is 18.8 Å². The van der Waals surface area contributed by atoms with Gasteiger partial charge in [0.2, 0.25) is 0 Å². The van der Waals surface area contributed by atoms with Crippen LogP contribution in [0.1, 0.15) is 41.1 Å². The number of aliphatic hydroxyl groups is 1. The van der Waals surface area contributed by atoms with Gasteiger partial charge in [0.15, 0.2) is 11.4 Å². The van der Waals surface area contributed by atoms with Crippen LogP contribution in [0, 0.1) is 0 Å². The van der Waals surface area contributed by atoms with Crippen LogP contribution < -0.4 is 5.32 Å². The first-order valence-electron chi connectivity index (χ1n) is 13.3. The van der Waals surface area contributed by atoms with E-state index in [2.05, 4.69) is 10.3 Å². The van der Waals surface area contributed by atoms with Gasteiger partial charge in [-0.05, 0) is 33.9 Å². The fourth-order valence-electron chi connectivity index (χ4n) is 4.66. The molecule has 42 heavy (non-hydrogen) atoms. The van der Waals surface area contributed by atoms with Crippen LogP contribution >= 0.6 is 46.6 Å². The number of aryl methyl sites for hydroxylation is 1. The number of nitrogens with zero attached hydrogens (tertiary/aromatic N) is 2. The zero-order valence-electron chi connectivity index (χ0n) is 22.8. The third-order valence-corrected chi connectivity index (χ3v) is 8.65. The number of halogens is 3.